The molecule has 0 unspecified atom stereocenters. The van der Waals surface area contributed by atoms with Crippen LogP contribution in [0.5, 0.6) is 0 Å². The van der Waals surface area contributed by atoms with Crippen molar-refractivity contribution in [2.75, 3.05) is 18.6 Å². The summed E-state index contributed by atoms with van der Waals surface area (Å²) >= 11 is 13.4. The maximum absolute atomic E-state index is 12.0. The molecule has 0 amide bonds. The molecule has 1 aromatic carbocycles. The third-order valence-corrected chi connectivity index (χ3v) is 5.10. The zero-order valence-corrected chi connectivity index (χ0v) is 12.9. The first-order valence-corrected chi connectivity index (χ1v) is 8.72. The first-order chi connectivity index (χ1) is 8.42. The van der Waals surface area contributed by atoms with E-state index in [1.165, 1.54) is 12.1 Å². The number of hydrogen-bond acceptors (Lipinski definition) is 4. The number of benzene rings is 1. The van der Waals surface area contributed by atoms with E-state index >= 15 is 0 Å². The van der Waals surface area contributed by atoms with Gasteiger partial charge in [0.25, 0.3) is 0 Å². The molecule has 102 valence electrons. The number of halogens is 2. The van der Waals surface area contributed by atoms with Crippen LogP contribution in [0.1, 0.15) is 5.56 Å². The maximum atomic E-state index is 12.0. The van der Waals surface area contributed by atoms with Crippen LogP contribution in [0.2, 0.25) is 10.0 Å². The fraction of sp³-hybridized carbons (Fsp3) is 0.400. The summed E-state index contributed by atoms with van der Waals surface area (Å²) in [6.07, 6.45) is 1.90. The molecule has 0 aliphatic carbocycles. The molecule has 0 bridgehead atoms. The lowest BCUT2D eigenvalue weighted by atomic mass is 10.2. The predicted molar refractivity (Wildman–Crippen MR) is 77.9 cm³/mol. The van der Waals surface area contributed by atoms with Gasteiger partial charge in [0.05, 0.1) is 5.02 Å². The highest BCUT2D eigenvalue weighted by molar-refractivity contribution is 7.98. The molecule has 1 rings (SSSR count). The van der Waals surface area contributed by atoms with Crippen molar-refractivity contribution in [3.8, 4) is 0 Å². The van der Waals surface area contributed by atoms with Crippen molar-refractivity contribution in [2.45, 2.75) is 11.4 Å². The van der Waals surface area contributed by atoms with Gasteiger partial charge in [-0.15, -0.1) is 0 Å². The van der Waals surface area contributed by atoms with E-state index < -0.39 is 10.0 Å². The van der Waals surface area contributed by atoms with Crippen molar-refractivity contribution in [1.82, 2.24) is 4.72 Å². The van der Waals surface area contributed by atoms with Gasteiger partial charge in [-0.05, 0) is 24.0 Å². The number of nitrogens with two attached hydrogens (primary N) is 1. The van der Waals surface area contributed by atoms with Gasteiger partial charge in [-0.2, -0.15) is 11.8 Å². The summed E-state index contributed by atoms with van der Waals surface area (Å²) in [6.45, 7) is 0.504. The lowest BCUT2D eigenvalue weighted by Crippen LogP contribution is -2.26. The van der Waals surface area contributed by atoms with Gasteiger partial charge in [-0.3, -0.25) is 0 Å². The fourth-order valence-electron chi connectivity index (χ4n) is 1.29. The minimum absolute atomic E-state index is 0.00937. The Morgan fingerprint density at radius 3 is 2.56 bits per heavy atom. The molecule has 0 aromatic heterocycles. The van der Waals surface area contributed by atoms with Crippen LogP contribution in [-0.4, -0.2) is 27.0 Å². The van der Waals surface area contributed by atoms with Gasteiger partial charge in [-0.25, -0.2) is 13.1 Å². The molecule has 0 heterocycles. The number of nitrogens with one attached hydrogen (secondary N) is 1. The number of thioether (sulfide) groups is 1. The Morgan fingerprint density at radius 2 is 2.00 bits per heavy atom. The van der Waals surface area contributed by atoms with Crippen LogP contribution in [0.25, 0.3) is 0 Å². The van der Waals surface area contributed by atoms with Crippen molar-refractivity contribution >= 4 is 45.0 Å². The fourth-order valence-corrected chi connectivity index (χ4v) is 3.63. The summed E-state index contributed by atoms with van der Waals surface area (Å²) in [7, 11) is -3.62. The van der Waals surface area contributed by atoms with Crippen LogP contribution in [0.3, 0.4) is 0 Å². The van der Waals surface area contributed by atoms with E-state index in [9.17, 15) is 8.42 Å². The molecular weight excluding hydrogens is 315 g/mol. The maximum Gasteiger partial charge on any atom is 0.242 e. The van der Waals surface area contributed by atoms with Crippen LogP contribution in [-0.2, 0) is 16.6 Å². The van der Waals surface area contributed by atoms with E-state index in [0.29, 0.717) is 22.9 Å². The van der Waals surface area contributed by atoms with Crippen molar-refractivity contribution < 1.29 is 8.42 Å². The van der Waals surface area contributed by atoms with Crippen LogP contribution in [0.4, 0.5) is 0 Å². The molecule has 0 aliphatic heterocycles. The lowest BCUT2D eigenvalue weighted by Gasteiger charge is -2.10. The molecule has 18 heavy (non-hydrogen) atoms. The van der Waals surface area contributed by atoms with E-state index in [2.05, 4.69) is 4.72 Å². The first kappa shape index (κ1) is 16.1. The SMILES string of the molecule is CSCCNS(=O)(=O)c1cc(CN)c(Cl)cc1Cl. The standard InChI is InChI=1S/C10H14Cl2N2O2S2/c1-17-3-2-14-18(15,16)10-4-7(6-13)8(11)5-9(10)12/h4-5,14H,2-3,6,13H2,1H3. The molecule has 8 heteroatoms. The Hall–Kier alpha value is 0.0200. The second-order valence-electron chi connectivity index (χ2n) is 3.47. The Balaban J connectivity index is 3.08. The highest BCUT2D eigenvalue weighted by Gasteiger charge is 2.19. The summed E-state index contributed by atoms with van der Waals surface area (Å²) in [5.41, 5.74) is 6.04. The van der Waals surface area contributed by atoms with Gasteiger partial charge < -0.3 is 5.73 Å². The van der Waals surface area contributed by atoms with Gasteiger partial charge in [0.15, 0.2) is 0 Å². The zero-order chi connectivity index (χ0) is 13.8. The highest BCUT2D eigenvalue weighted by Crippen LogP contribution is 2.28. The summed E-state index contributed by atoms with van der Waals surface area (Å²) in [5, 5.41) is 0.458. The third kappa shape index (κ3) is 4.01. The molecule has 0 spiro atoms. The monoisotopic (exact) mass is 328 g/mol. The van der Waals surface area contributed by atoms with Crippen LogP contribution < -0.4 is 10.5 Å². The molecule has 0 saturated heterocycles. The molecule has 3 N–H and O–H groups in total. The summed E-state index contributed by atoms with van der Waals surface area (Å²) in [6, 6.07) is 2.81. The van der Waals surface area contributed by atoms with E-state index in [4.69, 9.17) is 28.9 Å². The van der Waals surface area contributed by atoms with Crippen molar-refractivity contribution in [3.05, 3.63) is 27.7 Å². The minimum Gasteiger partial charge on any atom is -0.326 e. The van der Waals surface area contributed by atoms with E-state index in [1.54, 1.807) is 11.8 Å². The summed E-state index contributed by atoms with van der Waals surface area (Å²) in [5.74, 6) is 0.689. The number of hydrogen-bond donors (Lipinski definition) is 2. The topological polar surface area (TPSA) is 72.2 Å². The number of rotatable bonds is 6. The van der Waals surface area contributed by atoms with Gasteiger partial charge in [-0.1, -0.05) is 23.2 Å². The quantitative estimate of drug-likeness (QED) is 0.784. The molecule has 0 saturated carbocycles. The normalized spacial score (nSPS) is 11.8. The Bertz CT molecular complexity index is 521. The van der Waals surface area contributed by atoms with E-state index in [1.807, 2.05) is 6.26 Å². The second kappa shape index (κ2) is 6.98. The molecule has 0 aliphatic rings. The first-order valence-electron chi connectivity index (χ1n) is 5.09. The smallest absolute Gasteiger partial charge is 0.242 e. The van der Waals surface area contributed by atoms with Gasteiger partial charge in [0, 0.05) is 23.9 Å². The highest BCUT2D eigenvalue weighted by atomic mass is 35.5. The third-order valence-electron chi connectivity index (χ3n) is 2.21. The second-order valence-corrected chi connectivity index (χ2v) is 7.00. The summed E-state index contributed by atoms with van der Waals surface area (Å²) in [4.78, 5) is 0.00937. The van der Waals surface area contributed by atoms with E-state index in [0.717, 1.165) is 0 Å². The molecule has 0 atom stereocenters. The van der Waals surface area contributed by atoms with Crippen molar-refractivity contribution in [1.29, 1.82) is 0 Å². The largest absolute Gasteiger partial charge is 0.326 e. The van der Waals surface area contributed by atoms with Crippen LogP contribution in [0.15, 0.2) is 17.0 Å². The average molecular weight is 329 g/mol. The predicted octanol–water partition coefficient (Wildman–Crippen LogP) is 2.09. The van der Waals surface area contributed by atoms with Gasteiger partial charge in [0.1, 0.15) is 4.90 Å². The Morgan fingerprint density at radius 1 is 1.33 bits per heavy atom. The molecule has 1 aromatic rings. The molecular formula is C10H14Cl2N2O2S2. The molecule has 0 fully saturated rings. The minimum atomic E-state index is -3.62. The van der Waals surface area contributed by atoms with Crippen LogP contribution in [0, 0.1) is 0 Å². The zero-order valence-electron chi connectivity index (χ0n) is 9.74. The van der Waals surface area contributed by atoms with Gasteiger partial charge in [0.2, 0.25) is 10.0 Å². The number of sulfonamides is 1. The van der Waals surface area contributed by atoms with Crippen molar-refractivity contribution in [2.24, 2.45) is 5.73 Å². The Labute approximate surface area is 121 Å². The molecule has 4 nitrogen and oxygen atoms in total. The summed E-state index contributed by atoms with van der Waals surface area (Å²) < 4.78 is 26.5. The van der Waals surface area contributed by atoms with Crippen molar-refractivity contribution in [3.63, 3.8) is 0 Å². The van der Waals surface area contributed by atoms with Crippen LogP contribution >= 0.6 is 35.0 Å². The Kier molecular flexibility index (Phi) is 6.23. The van der Waals surface area contributed by atoms with Gasteiger partial charge >= 0.3 is 0 Å². The van der Waals surface area contributed by atoms with E-state index in [-0.39, 0.29) is 16.5 Å². The molecule has 0 radical (unpaired) electrons. The average Bonchev–Trinajstić information content (AvgIpc) is 2.29. The lowest BCUT2D eigenvalue weighted by molar-refractivity contribution is 0.584.